The van der Waals surface area contributed by atoms with Gasteiger partial charge in [-0.15, -0.1) is 0 Å². The van der Waals surface area contributed by atoms with Crippen molar-refractivity contribution in [3.05, 3.63) is 53.9 Å². The Hall–Kier alpha value is -2.14. The summed E-state index contributed by atoms with van der Waals surface area (Å²) in [6, 6.07) is 13.1. The van der Waals surface area contributed by atoms with Crippen molar-refractivity contribution in [2.45, 2.75) is 43.7 Å². The van der Waals surface area contributed by atoms with Crippen LogP contribution in [0.15, 0.2) is 42.6 Å². The maximum Gasteiger partial charge on any atom is 0.272 e. The summed E-state index contributed by atoms with van der Waals surface area (Å²) in [5.41, 5.74) is 2.00. The van der Waals surface area contributed by atoms with Crippen LogP contribution in [0.5, 0.6) is 0 Å². The van der Waals surface area contributed by atoms with Crippen molar-refractivity contribution in [3.8, 4) is 0 Å². The second-order valence-corrected chi connectivity index (χ2v) is 7.21. The zero-order valence-electron chi connectivity index (χ0n) is 14.8. The number of hydrogen-bond donors (Lipinski definition) is 1. The Morgan fingerprint density at radius 3 is 2.76 bits per heavy atom. The van der Waals surface area contributed by atoms with E-state index in [-0.39, 0.29) is 11.9 Å². The minimum absolute atomic E-state index is 0.107. The fourth-order valence-corrected chi connectivity index (χ4v) is 4.44. The fraction of sp³-hybridized carbons (Fsp3) is 0.500. The van der Waals surface area contributed by atoms with Crippen molar-refractivity contribution in [1.29, 1.82) is 0 Å². The van der Waals surface area contributed by atoms with Gasteiger partial charge in [0.15, 0.2) is 0 Å². The van der Waals surface area contributed by atoms with Gasteiger partial charge in [-0.3, -0.25) is 9.48 Å². The molecule has 5 heteroatoms. The molecule has 0 saturated carbocycles. The quantitative estimate of drug-likeness (QED) is 0.915. The van der Waals surface area contributed by atoms with E-state index in [1.54, 1.807) is 10.9 Å². The standard InChI is InChI=1S/C20H26N4O/c1-23-18(11-13-22-23)20(25)24-14-16(15-8-4-2-5-9-15)19-17(24)10-6-3-7-12-21-19/h2,4-5,8-9,11,13,16-17,19,21H,3,6-7,10,12,14H2,1H3/t16-,17-,19-/m0/s1. The molecular formula is C20H26N4O. The van der Waals surface area contributed by atoms with Gasteiger partial charge in [0.1, 0.15) is 5.69 Å². The highest BCUT2D eigenvalue weighted by molar-refractivity contribution is 5.93. The van der Waals surface area contributed by atoms with Crippen LogP contribution >= 0.6 is 0 Å². The number of rotatable bonds is 2. The number of hydrogen-bond acceptors (Lipinski definition) is 3. The summed E-state index contributed by atoms with van der Waals surface area (Å²) < 4.78 is 1.68. The molecule has 3 atom stereocenters. The molecule has 0 unspecified atom stereocenters. The molecule has 0 spiro atoms. The smallest absolute Gasteiger partial charge is 0.272 e. The normalized spacial score (nSPS) is 26.8. The van der Waals surface area contributed by atoms with Gasteiger partial charge in [-0.2, -0.15) is 5.10 Å². The number of benzene rings is 1. The Labute approximate surface area is 149 Å². The van der Waals surface area contributed by atoms with Gasteiger partial charge in [0.25, 0.3) is 5.91 Å². The Morgan fingerprint density at radius 2 is 2.00 bits per heavy atom. The third-order valence-electron chi connectivity index (χ3n) is 5.73. The molecule has 1 N–H and O–H groups in total. The van der Waals surface area contributed by atoms with Gasteiger partial charge in [0.2, 0.25) is 0 Å². The van der Waals surface area contributed by atoms with Gasteiger partial charge in [0.05, 0.1) is 0 Å². The average Bonchev–Trinajstić information content (AvgIpc) is 3.18. The van der Waals surface area contributed by atoms with Crippen LogP contribution in [-0.2, 0) is 7.05 Å². The van der Waals surface area contributed by atoms with Crippen molar-refractivity contribution < 1.29 is 4.79 Å². The minimum Gasteiger partial charge on any atom is -0.332 e. The lowest BCUT2D eigenvalue weighted by Crippen LogP contribution is -2.47. The van der Waals surface area contributed by atoms with Crippen LogP contribution in [-0.4, -0.2) is 45.8 Å². The minimum atomic E-state index is 0.107. The maximum absolute atomic E-state index is 13.2. The van der Waals surface area contributed by atoms with E-state index in [2.05, 4.69) is 45.6 Å². The first-order valence-corrected chi connectivity index (χ1v) is 9.33. The van der Waals surface area contributed by atoms with E-state index in [0.29, 0.717) is 17.7 Å². The van der Waals surface area contributed by atoms with Crippen LogP contribution in [0.1, 0.15) is 47.7 Å². The predicted octanol–water partition coefficient (Wildman–Crippen LogP) is 2.56. The van der Waals surface area contributed by atoms with Crippen molar-refractivity contribution >= 4 is 5.91 Å². The number of fused-ring (bicyclic) bond motifs is 1. The van der Waals surface area contributed by atoms with Gasteiger partial charge in [-0.25, -0.2) is 0 Å². The number of carbonyl (C=O) groups is 1. The van der Waals surface area contributed by atoms with E-state index in [1.165, 1.54) is 24.8 Å². The molecule has 2 saturated heterocycles. The summed E-state index contributed by atoms with van der Waals surface area (Å²) in [5.74, 6) is 0.456. The molecule has 132 valence electrons. The SMILES string of the molecule is Cn1nccc1C(=O)N1C[C@@H](c2ccccc2)[C@@H]2NCCCCC[C@@H]21. The Balaban J connectivity index is 1.67. The molecule has 2 aliphatic rings. The number of amides is 1. The van der Waals surface area contributed by atoms with Crippen LogP contribution in [0.4, 0.5) is 0 Å². The Morgan fingerprint density at radius 1 is 1.16 bits per heavy atom. The first-order valence-electron chi connectivity index (χ1n) is 9.33. The number of likely N-dealkylation sites (tertiary alicyclic amines) is 1. The van der Waals surface area contributed by atoms with Crippen LogP contribution in [0.3, 0.4) is 0 Å². The molecule has 5 nitrogen and oxygen atoms in total. The number of nitrogens with zero attached hydrogens (tertiary/aromatic N) is 3. The molecule has 0 aliphatic carbocycles. The van der Waals surface area contributed by atoms with Crippen molar-refractivity contribution in [2.75, 3.05) is 13.1 Å². The Kier molecular flexibility index (Phi) is 4.57. The van der Waals surface area contributed by atoms with E-state index in [4.69, 9.17) is 0 Å². The highest BCUT2D eigenvalue weighted by atomic mass is 16.2. The van der Waals surface area contributed by atoms with Gasteiger partial charge >= 0.3 is 0 Å². The van der Waals surface area contributed by atoms with Crippen LogP contribution in [0, 0.1) is 0 Å². The zero-order valence-corrected chi connectivity index (χ0v) is 14.8. The van der Waals surface area contributed by atoms with Crippen LogP contribution < -0.4 is 5.32 Å². The third kappa shape index (κ3) is 3.09. The predicted molar refractivity (Wildman–Crippen MR) is 97.5 cm³/mol. The molecule has 0 bridgehead atoms. The molecule has 1 amide bonds. The lowest BCUT2D eigenvalue weighted by atomic mass is 9.88. The maximum atomic E-state index is 13.2. The highest BCUT2D eigenvalue weighted by Gasteiger charge is 2.44. The first kappa shape index (κ1) is 16.3. The molecule has 2 fully saturated rings. The van der Waals surface area contributed by atoms with Gasteiger partial charge in [0, 0.05) is 37.8 Å². The second-order valence-electron chi connectivity index (χ2n) is 7.21. The summed E-state index contributed by atoms with van der Waals surface area (Å²) in [7, 11) is 1.84. The van der Waals surface area contributed by atoms with Gasteiger partial charge in [-0.1, -0.05) is 43.2 Å². The molecule has 1 aromatic heterocycles. The summed E-state index contributed by atoms with van der Waals surface area (Å²) in [5, 5.41) is 7.94. The van der Waals surface area contributed by atoms with Crippen molar-refractivity contribution in [2.24, 2.45) is 7.05 Å². The fourth-order valence-electron chi connectivity index (χ4n) is 4.44. The summed E-state index contributed by atoms with van der Waals surface area (Å²) in [6.45, 7) is 1.81. The zero-order chi connectivity index (χ0) is 17.2. The highest BCUT2D eigenvalue weighted by Crippen LogP contribution is 2.36. The number of carbonyl (C=O) groups excluding carboxylic acids is 1. The average molecular weight is 338 g/mol. The number of aryl methyl sites for hydroxylation is 1. The van der Waals surface area contributed by atoms with Crippen molar-refractivity contribution in [3.63, 3.8) is 0 Å². The largest absolute Gasteiger partial charge is 0.332 e. The summed E-state index contributed by atoms with van der Waals surface area (Å²) >= 11 is 0. The van der Waals surface area contributed by atoms with E-state index < -0.39 is 0 Å². The molecule has 3 heterocycles. The molecule has 4 rings (SSSR count). The van der Waals surface area contributed by atoms with Crippen LogP contribution in [0.25, 0.3) is 0 Å². The third-order valence-corrected chi connectivity index (χ3v) is 5.73. The lowest BCUT2D eigenvalue weighted by Gasteiger charge is -2.31. The number of nitrogens with one attached hydrogen (secondary N) is 1. The van der Waals surface area contributed by atoms with E-state index in [1.807, 2.05) is 13.1 Å². The van der Waals surface area contributed by atoms with Crippen molar-refractivity contribution in [1.82, 2.24) is 20.0 Å². The van der Waals surface area contributed by atoms with E-state index in [9.17, 15) is 4.79 Å². The van der Waals surface area contributed by atoms with Gasteiger partial charge < -0.3 is 10.2 Å². The monoisotopic (exact) mass is 338 g/mol. The molecule has 25 heavy (non-hydrogen) atoms. The topological polar surface area (TPSA) is 50.2 Å². The summed E-state index contributed by atoms with van der Waals surface area (Å²) in [4.78, 5) is 15.3. The number of aromatic nitrogens is 2. The van der Waals surface area contributed by atoms with Gasteiger partial charge in [-0.05, 0) is 31.0 Å². The molecule has 2 aromatic rings. The molecular weight excluding hydrogens is 312 g/mol. The molecule has 1 aromatic carbocycles. The van der Waals surface area contributed by atoms with Crippen LogP contribution in [0.2, 0.25) is 0 Å². The summed E-state index contributed by atoms with van der Waals surface area (Å²) in [6.07, 6.45) is 6.43. The molecule has 0 radical (unpaired) electrons. The second kappa shape index (κ2) is 7.00. The first-order chi connectivity index (χ1) is 12.3. The van der Waals surface area contributed by atoms with E-state index in [0.717, 1.165) is 19.5 Å². The van der Waals surface area contributed by atoms with E-state index >= 15 is 0 Å². The Bertz CT molecular complexity index is 726. The molecule has 2 aliphatic heterocycles. The lowest BCUT2D eigenvalue weighted by molar-refractivity contribution is 0.0702.